The first-order valence-electron chi connectivity index (χ1n) is 6.07. The van der Waals surface area contributed by atoms with Crippen molar-refractivity contribution in [3.05, 3.63) is 34.9 Å². The summed E-state index contributed by atoms with van der Waals surface area (Å²) in [5.41, 5.74) is 1.12. The van der Waals surface area contributed by atoms with E-state index in [1.807, 2.05) is 24.3 Å². The number of nitrogens with one attached hydrogen (secondary N) is 1. The van der Waals surface area contributed by atoms with Gasteiger partial charge in [-0.1, -0.05) is 30.2 Å². The highest BCUT2D eigenvalue weighted by Gasteiger charge is 2.41. The number of rotatable bonds is 1. The molecule has 17 heavy (non-hydrogen) atoms. The summed E-state index contributed by atoms with van der Waals surface area (Å²) in [7, 11) is 0. The van der Waals surface area contributed by atoms with Crippen LogP contribution in [0.4, 0.5) is 0 Å². The molecule has 2 unspecified atom stereocenters. The Hall–Kier alpha value is -1.06. The van der Waals surface area contributed by atoms with Crippen molar-refractivity contribution in [1.29, 1.82) is 0 Å². The maximum absolute atomic E-state index is 11.9. The van der Waals surface area contributed by atoms with Gasteiger partial charge in [0.1, 0.15) is 6.17 Å². The van der Waals surface area contributed by atoms with Crippen LogP contribution in [0.15, 0.2) is 24.3 Å². The highest BCUT2D eigenvalue weighted by Crippen LogP contribution is 2.32. The first-order chi connectivity index (χ1) is 8.25. The van der Waals surface area contributed by atoms with Gasteiger partial charge in [-0.3, -0.25) is 9.69 Å². The van der Waals surface area contributed by atoms with Crippen LogP contribution in [-0.4, -0.2) is 23.4 Å². The number of amides is 1. The molecule has 1 aromatic rings. The van der Waals surface area contributed by atoms with E-state index in [4.69, 9.17) is 11.6 Å². The second-order valence-electron chi connectivity index (χ2n) is 4.71. The van der Waals surface area contributed by atoms with E-state index in [1.54, 1.807) is 0 Å². The molecule has 2 heterocycles. The second kappa shape index (κ2) is 4.31. The third kappa shape index (κ3) is 1.94. The molecule has 2 saturated heterocycles. The molecule has 0 radical (unpaired) electrons. The van der Waals surface area contributed by atoms with Crippen LogP contribution in [-0.2, 0) is 4.79 Å². The van der Waals surface area contributed by atoms with Crippen molar-refractivity contribution in [2.75, 3.05) is 6.54 Å². The van der Waals surface area contributed by atoms with Crippen molar-refractivity contribution >= 4 is 17.5 Å². The first kappa shape index (κ1) is 11.1. The van der Waals surface area contributed by atoms with Gasteiger partial charge < -0.3 is 5.32 Å². The van der Waals surface area contributed by atoms with E-state index < -0.39 is 0 Å². The highest BCUT2D eigenvalue weighted by molar-refractivity contribution is 6.30. The lowest BCUT2D eigenvalue weighted by molar-refractivity contribution is -0.122. The maximum Gasteiger partial charge on any atom is 0.238 e. The van der Waals surface area contributed by atoms with E-state index >= 15 is 0 Å². The molecule has 2 aliphatic rings. The van der Waals surface area contributed by atoms with Gasteiger partial charge in [0.25, 0.3) is 0 Å². The zero-order valence-electron chi connectivity index (χ0n) is 9.53. The summed E-state index contributed by atoms with van der Waals surface area (Å²) in [5.74, 6) is 0.171. The minimum atomic E-state index is 0.0325. The van der Waals surface area contributed by atoms with Crippen LogP contribution in [0.2, 0.25) is 5.02 Å². The Morgan fingerprint density at radius 1 is 1.24 bits per heavy atom. The number of hydrogen-bond acceptors (Lipinski definition) is 2. The summed E-state index contributed by atoms with van der Waals surface area (Å²) in [6.07, 6.45) is 3.35. The third-order valence-electron chi connectivity index (χ3n) is 3.64. The molecule has 1 amide bonds. The second-order valence-corrected chi connectivity index (χ2v) is 5.15. The zero-order valence-corrected chi connectivity index (χ0v) is 10.3. The molecule has 4 heteroatoms. The molecule has 90 valence electrons. The minimum Gasteiger partial charge on any atom is -0.335 e. The van der Waals surface area contributed by atoms with Crippen molar-refractivity contribution in [3.8, 4) is 0 Å². The molecule has 1 aromatic carbocycles. The van der Waals surface area contributed by atoms with Crippen molar-refractivity contribution in [2.24, 2.45) is 0 Å². The van der Waals surface area contributed by atoms with Crippen molar-refractivity contribution in [3.63, 3.8) is 0 Å². The predicted molar refractivity (Wildman–Crippen MR) is 66.7 cm³/mol. The van der Waals surface area contributed by atoms with E-state index in [-0.39, 0.29) is 18.1 Å². The van der Waals surface area contributed by atoms with Crippen LogP contribution in [0.3, 0.4) is 0 Å². The molecule has 1 N–H and O–H groups in total. The molecule has 3 rings (SSSR count). The van der Waals surface area contributed by atoms with Gasteiger partial charge in [-0.25, -0.2) is 0 Å². The Morgan fingerprint density at radius 3 is 2.76 bits per heavy atom. The average molecular weight is 251 g/mol. The molecule has 0 saturated carbocycles. The topological polar surface area (TPSA) is 32.3 Å². The highest BCUT2D eigenvalue weighted by atomic mass is 35.5. The number of halogens is 1. The molecule has 3 nitrogen and oxygen atoms in total. The fraction of sp³-hybridized carbons (Fsp3) is 0.462. The van der Waals surface area contributed by atoms with Crippen LogP contribution < -0.4 is 5.32 Å². The molecule has 0 bridgehead atoms. The van der Waals surface area contributed by atoms with E-state index in [0.29, 0.717) is 0 Å². The summed E-state index contributed by atoms with van der Waals surface area (Å²) in [6, 6.07) is 7.80. The van der Waals surface area contributed by atoms with Gasteiger partial charge >= 0.3 is 0 Å². The Bertz CT molecular complexity index is 432. The van der Waals surface area contributed by atoms with Crippen molar-refractivity contribution < 1.29 is 4.79 Å². The molecule has 2 fully saturated rings. The fourth-order valence-corrected chi connectivity index (χ4v) is 2.90. The van der Waals surface area contributed by atoms with Crippen molar-refractivity contribution in [1.82, 2.24) is 10.2 Å². The standard InChI is InChI=1S/C13H15ClN2O/c14-10-6-4-9(5-7-10)12-15-13(17)11-3-1-2-8-16(11)12/h4-7,11-12H,1-3,8H2,(H,15,17). The van der Waals surface area contributed by atoms with Gasteiger partial charge in [0, 0.05) is 11.6 Å². The predicted octanol–water partition coefficient (Wildman–Crippen LogP) is 2.32. The summed E-state index contributed by atoms with van der Waals surface area (Å²) in [4.78, 5) is 14.2. The number of carbonyl (C=O) groups is 1. The summed E-state index contributed by atoms with van der Waals surface area (Å²) >= 11 is 5.88. The smallest absolute Gasteiger partial charge is 0.238 e. The van der Waals surface area contributed by atoms with Gasteiger partial charge in [0.15, 0.2) is 0 Å². The van der Waals surface area contributed by atoms with Crippen LogP contribution in [0.5, 0.6) is 0 Å². The van der Waals surface area contributed by atoms with Crippen LogP contribution in [0, 0.1) is 0 Å². The molecular formula is C13H15ClN2O. The van der Waals surface area contributed by atoms with Gasteiger partial charge in [-0.2, -0.15) is 0 Å². The Kier molecular flexibility index (Phi) is 2.81. The number of fused-ring (bicyclic) bond motifs is 1. The third-order valence-corrected chi connectivity index (χ3v) is 3.90. The lowest BCUT2D eigenvalue weighted by atomic mass is 10.0. The monoisotopic (exact) mass is 250 g/mol. The summed E-state index contributed by atoms with van der Waals surface area (Å²) in [5, 5.41) is 3.81. The number of hydrogen-bond donors (Lipinski definition) is 1. The summed E-state index contributed by atoms with van der Waals surface area (Å²) < 4.78 is 0. The fourth-order valence-electron chi connectivity index (χ4n) is 2.78. The van der Waals surface area contributed by atoms with Crippen LogP contribution >= 0.6 is 11.6 Å². The van der Waals surface area contributed by atoms with E-state index in [9.17, 15) is 4.79 Å². The van der Waals surface area contributed by atoms with Gasteiger partial charge in [0.2, 0.25) is 5.91 Å². The van der Waals surface area contributed by atoms with E-state index in [2.05, 4.69) is 10.2 Å². The van der Waals surface area contributed by atoms with Crippen molar-refractivity contribution in [2.45, 2.75) is 31.5 Å². The molecule has 2 atom stereocenters. The SMILES string of the molecule is O=C1NC(c2ccc(Cl)cc2)N2CCCCC12. The molecule has 2 aliphatic heterocycles. The normalized spacial score (nSPS) is 28.9. The van der Waals surface area contributed by atoms with Crippen LogP contribution in [0.1, 0.15) is 31.0 Å². The first-order valence-corrected chi connectivity index (χ1v) is 6.45. The largest absolute Gasteiger partial charge is 0.335 e. The molecule has 0 aliphatic carbocycles. The van der Waals surface area contributed by atoms with Gasteiger partial charge in [-0.15, -0.1) is 0 Å². The lowest BCUT2D eigenvalue weighted by Gasteiger charge is -2.31. The minimum absolute atomic E-state index is 0.0325. The Balaban J connectivity index is 1.88. The Morgan fingerprint density at radius 2 is 2.00 bits per heavy atom. The maximum atomic E-state index is 11.9. The van der Waals surface area contributed by atoms with Gasteiger partial charge in [0.05, 0.1) is 6.04 Å². The quantitative estimate of drug-likeness (QED) is 0.830. The van der Waals surface area contributed by atoms with E-state index in [0.717, 1.165) is 30.0 Å². The molecular weight excluding hydrogens is 236 g/mol. The summed E-state index contributed by atoms with van der Waals surface area (Å²) in [6.45, 7) is 0.997. The van der Waals surface area contributed by atoms with Crippen LogP contribution in [0.25, 0.3) is 0 Å². The number of nitrogens with zero attached hydrogens (tertiary/aromatic N) is 1. The number of piperidine rings is 1. The molecule has 0 aromatic heterocycles. The van der Waals surface area contributed by atoms with Gasteiger partial charge in [-0.05, 0) is 30.5 Å². The number of carbonyl (C=O) groups excluding carboxylic acids is 1. The Labute approximate surface area is 106 Å². The van der Waals surface area contributed by atoms with E-state index in [1.165, 1.54) is 6.42 Å². The average Bonchev–Trinajstić information content (AvgIpc) is 2.69. The molecule has 0 spiro atoms. The lowest BCUT2D eigenvalue weighted by Crippen LogP contribution is -2.38. The zero-order chi connectivity index (χ0) is 11.8. The number of benzene rings is 1.